The number of fused-ring (bicyclic) bond motifs is 1. The molecule has 3 atom stereocenters. The molecular weight excluding hydrogens is 397 g/mol. The van der Waals surface area contributed by atoms with E-state index in [1.54, 1.807) is 7.11 Å². The van der Waals surface area contributed by atoms with E-state index in [2.05, 4.69) is 53.4 Å². The summed E-state index contributed by atoms with van der Waals surface area (Å²) in [6.07, 6.45) is 1.55. The normalized spacial score (nSPS) is 29.0. The first kappa shape index (κ1) is 23.4. The first-order chi connectivity index (χ1) is 12.6. The summed E-state index contributed by atoms with van der Waals surface area (Å²) < 4.78 is 5.79. The maximum atomic E-state index is 13.3. The lowest BCUT2D eigenvalue weighted by atomic mass is 9.87. The van der Waals surface area contributed by atoms with E-state index in [9.17, 15) is 4.79 Å². The van der Waals surface area contributed by atoms with E-state index in [-0.39, 0.29) is 30.7 Å². The van der Waals surface area contributed by atoms with Gasteiger partial charge >= 0.3 is 0 Å². The molecule has 0 radical (unpaired) electrons. The Morgan fingerprint density at radius 2 is 1.82 bits per heavy atom. The van der Waals surface area contributed by atoms with Gasteiger partial charge in [0.15, 0.2) is 0 Å². The molecule has 1 aromatic rings. The van der Waals surface area contributed by atoms with Gasteiger partial charge in [-0.1, -0.05) is 24.3 Å². The number of halogens is 2. The highest BCUT2D eigenvalue weighted by Gasteiger charge is 2.51. The van der Waals surface area contributed by atoms with Crippen molar-refractivity contribution < 1.29 is 9.53 Å². The van der Waals surface area contributed by atoms with Crippen LogP contribution in [0.5, 0.6) is 0 Å². The van der Waals surface area contributed by atoms with Gasteiger partial charge in [0.1, 0.15) is 5.60 Å². The Morgan fingerprint density at radius 3 is 2.46 bits per heavy atom. The van der Waals surface area contributed by atoms with E-state index in [1.165, 1.54) is 11.1 Å². The molecule has 1 N–H and O–H groups in total. The number of carbonyl (C=O) groups is 1. The summed E-state index contributed by atoms with van der Waals surface area (Å²) in [6.45, 7) is 6.70. The second-order valence-electron chi connectivity index (χ2n) is 8.32. The number of likely N-dealkylation sites (tertiary alicyclic amines) is 2. The number of benzene rings is 1. The van der Waals surface area contributed by atoms with Crippen molar-refractivity contribution in [2.45, 2.75) is 31.4 Å². The highest BCUT2D eigenvalue weighted by molar-refractivity contribution is 5.86. The smallest absolute Gasteiger partial charge is 0.254 e. The largest absolute Gasteiger partial charge is 0.368 e. The lowest BCUT2D eigenvalue weighted by Crippen LogP contribution is -2.55. The van der Waals surface area contributed by atoms with Crippen LogP contribution in [-0.2, 0) is 9.53 Å². The average Bonchev–Trinajstić information content (AvgIpc) is 3.19. The Labute approximate surface area is 181 Å². The molecule has 0 unspecified atom stereocenters. The van der Waals surface area contributed by atoms with Crippen molar-refractivity contribution in [1.29, 1.82) is 0 Å². The van der Waals surface area contributed by atoms with Gasteiger partial charge in [-0.25, -0.2) is 0 Å². The number of hydrogen-bond donors (Lipinski definition) is 1. The Hall–Kier alpha value is -0.850. The number of amides is 1. The van der Waals surface area contributed by atoms with Gasteiger partial charge in [-0.3, -0.25) is 9.69 Å². The third-order valence-electron chi connectivity index (χ3n) is 6.88. The van der Waals surface area contributed by atoms with E-state index >= 15 is 0 Å². The molecule has 0 spiro atoms. The summed E-state index contributed by atoms with van der Waals surface area (Å²) in [6, 6.07) is 9.10. The van der Waals surface area contributed by atoms with Gasteiger partial charge < -0.3 is 15.0 Å². The maximum Gasteiger partial charge on any atom is 0.254 e. The van der Waals surface area contributed by atoms with Crippen LogP contribution >= 0.6 is 24.8 Å². The fraction of sp³-hybridized carbons (Fsp3) is 0.667. The molecule has 28 heavy (non-hydrogen) atoms. The highest BCUT2D eigenvalue weighted by atomic mass is 35.5. The minimum Gasteiger partial charge on any atom is -0.368 e. The SMILES string of the molecule is COC1(C(=O)N2C[C@@H]3CN(C)[C@H](c4ccccc4C)[C@@H]3C2)CCNCC1.Cl.Cl. The van der Waals surface area contributed by atoms with Crippen LogP contribution in [0.15, 0.2) is 24.3 Å². The van der Waals surface area contributed by atoms with Crippen molar-refractivity contribution in [2.75, 3.05) is 46.9 Å². The second-order valence-corrected chi connectivity index (χ2v) is 8.32. The third-order valence-corrected chi connectivity index (χ3v) is 6.88. The van der Waals surface area contributed by atoms with Crippen molar-refractivity contribution in [2.24, 2.45) is 11.8 Å². The van der Waals surface area contributed by atoms with Crippen LogP contribution in [0.4, 0.5) is 0 Å². The van der Waals surface area contributed by atoms with Gasteiger partial charge in [0.25, 0.3) is 5.91 Å². The fourth-order valence-corrected chi connectivity index (χ4v) is 5.43. The van der Waals surface area contributed by atoms with Gasteiger partial charge in [-0.2, -0.15) is 0 Å². The molecule has 3 aliphatic rings. The maximum absolute atomic E-state index is 13.3. The number of carbonyl (C=O) groups excluding carboxylic acids is 1. The standard InChI is InChI=1S/C21H31N3O2.2ClH/c1-15-6-4-5-7-17(15)19-18-14-24(13-16(18)12-23(19)2)20(25)21(26-3)8-10-22-11-9-21;;/h4-7,16,18-19,22H,8-14H2,1-3H3;2*1H/t16-,18+,19+;;/m0../s1. The van der Waals surface area contributed by atoms with Crippen molar-refractivity contribution in [1.82, 2.24) is 15.1 Å². The number of ether oxygens (including phenoxy) is 1. The first-order valence-corrected chi connectivity index (χ1v) is 9.87. The lowest BCUT2D eigenvalue weighted by molar-refractivity contribution is -0.157. The first-order valence-electron chi connectivity index (χ1n) is 9.87. The van der Waals surface area contributed by atoms with Crippen molar-refractivity contribution in [3.63, 3.8) is 0 Å². The third kappa shape index (κ3) is 3.92. The number of piperidine rings is 1. The summed E-state index contributed by atoms with van der Waals surface area (Å²) in [5, 5.41) is 3.34. The number of rotatable bonds is 3. The summed E-state index contributed by atoms with van der Waals surface area (Å²) in [5.41, 5.74) is 2.15. The monoisotopic (exact) mass is 429 g/mol. The molecular formula is C21H33Cl2N3O2. The van der Waals surface area contributed by atoms with Gasteiger partial charge in [0, 0.05) is 38.7 Å². The molecule has 3 saturated heterocycles. The van der Waals surface area contributed by atoms with Crippen LogP contribution in [0.1, 0.15) is 30.0 Å². The van der Waals surface area contributed by atoms with Crippen molar-refractivity contribution in [3.8, 4) is 0 Å². The number of hydrogen-bond acceptors (Lipinski definition) is 4. The highest BCUT2D eigenvalue weighted by Crippen LogP contribution is 2.45. The van der Waals surface area contributed by atoms with Gasteiger partial charge in [-0.05, 0) is 56.9 Å². The zero-order chi connectivity index (χ0) is 18.3. The number of nitrogens with one attached hydrogen (secondary N) is 1. The Morgan fingerprint density at radius 1 is 1.14 bits per heavy atom. The summed E-state index contributed by atoms with van der Waals surface area (Å²) in [5.74, 6) is 1.28. The van der Waals surface area contributed by atoms with Crippen LogP contribution in [0.2, 0.25) is 0 Å². The minimum atomic E-state index is -0.617. The van der Waals surface area contributed by atoms with Crippen LogP contribution < -0.4 is 5.32 Å². The van der Waals surface area contributed by atoms with Crippen molar-refractivity contribution >= 4 is 30.7 Å². The molecule has 0 aliphatic carbocycles. The summed E-state index contributed by atoms with van der Waals surface area (Å²) in [7, 11) is 3.93. The molecule has 5 nitrogen and oxygen atoms in total. The van der Waals surface area contributed by atoms with Crippen LogP contribution in [-0.4, -0.2) is 68.2 Å². The number of methoxy groups -OCH3 is 1. The Bertz CT molecular complexity index is 681. The summed E-state index contributed by atoms with van der Waals surface area (Å²) >= 11 is 0. The van der Waals surface area contributed by atoms with Gasteiger partial charge in [0.05, 0.1) is 0 Å². The van der Waals surface area contributed by atoms with Crippen LogP contribution in [0, 0.1) is 18.8 Å². The van der Waals surface area contributed by atoms with Crippen LogP contribution in [0.3, 0.4) is 0 Å². The van der Waals surface area contributed by atoms with Crippen LogP contribution in [0.25, 0.3) is 0 Å². The molecule has 158 valence electrons. The quantitative estimate of drug-likeness (QED) is 0.801. The van der Waals surface area contributed by atoms with Gasteiger partial charge in [-0.15, -0.1) is 24.8 Å². The fourth-order valence-electron chi connectivity index (χ4n) is 5.43. The Balaban J connectivity index is 0.00000140. The topological polar surface area (TPSA) is 44.8 Å². The zero-order valence-electron chi connectivity index (χ0n) is 17.0. The predicted molar refractivity (Wildman–Crippen MR) is 116 cm³/mol. The van der Waals surface area contributed by atoms with Gasteiger partial charge in [0.2, 0.25) is 0 Å². The molecule has 0 bridgehead atoms. The molecule has 3 heterocycles. The zero-order valence-corrected chi connectivity index (χ0v) is 18.7. The molecule has 4 rings (SSSR count). The minimum absolute atomic E-state index is 0. The van der Waals surface area contributed by atoms with E-state index in [1.807, 2.05) is 0 Å². The second kappa shape index (κ2) is 9.31. The lowest BCUT2D eigenvalue weighted by Gasteiger charge is -2.38. The predicted octanol–water partition coefficient (Wildman–Crippen LogP) is 2.67. The molecule has 1 amide bonds. The van der Waals surface area contributed by atoms with Crippen molar-refractivity contribution in [3.05, 3.63) is 35.4 Å². The summed E-state index contributed by atoms with van der Waals surface area (Å²) in [4.78, 5) is 17.9. The number of aryl methyl sites for hydroxylation is 1. The molecule has 1 aromatic carbocycles. The van der Waals surface area contributed by atoms with E-state index in [0.29, 0.717) is 17.9 Å². The van der Waals surface area contributed by atoms with E-state index < -0.39 is 5.60 Å². The molecule has 3 fully saturated rings. The Kier molecular flexibility index (Phi) is 7.79. The number of nitrogens with zero attached hydrogens (tertiary/aromatic N) is 2. The molecule has 0 aromatic heterocycles. The van der Waals surface area contributed by atoms with E-state index in [4.69, 9.17) is 4.74 Å². The molecule has 7 heteroatoms. The molecule has 0 saturated carbocycles. The average molecular weight is 430 g/mol. The van der Waals surface area contributed by atoms with E-state index in [0.717, 1.165) is 45.6 Å². The molecule has 3 aliphatic heterocycles.